The molecule has 0 amide bonds. The van der Waals surface area contributed by atoms with Gasteiger partial charge in [0.25, 0.3) is 5.56 Å². The number of rotatable bonds is 1. The number of aromatic nitrogens is 2. The van der Waals surface area contributed by atoms with E-state index in [1.807, 2.05) is 0 Å². The summed E-state index contributed by atoms with van der Waals surface area (Å²) in [6, 6.07) is 1.55. The van der Waals surface area contributed by atoms with Crippen molar-refractivity contribution in [3.63, 3.8) is 0 Å². The Morgan fingerprint density at radius 2 is 2.50 bits per heavy atom. The predicted octanol–water partition coefficient (Wildman–Crippen LogP) is -0.952. The maximum Gasteiger partial charge on any atom is 0.300 e. The highest BCUT2D eigenvalue weighted by Gasteiger charge is 2.23. The van der Waals surface area contributed by atoms with Gasteiger partial charge in [0.2, 0.25) is 0 Å². The molecule has 2 rings (SSSR count). The molecule has 1 aromatic rings. The fourth-order valence-electron chi connectivity index (χ4n) is 1.36. The molecule has 88 valence electrons. The Morgan fingerprint density at radius 3 is 3.25 bits per heavy atom. The number of aliphatic hydroxyl groups is 2. The van der Waals surface area contributed by atoms with E-state index in [1.165, 1.54) is 17.8 Å². The molecular weight excluding hydrogens is 232 g/mol. The van der Waals surface area contributed by atoms with Gasteiger partial charge in [-0.2, -0.15) is 4.98 Å². The third kappa shape index (κ3) is 2.37. The standard InChI is InChI=1S/C9H12N2O4S/c12-3-7-6(13)4-15-9-10-8(14)1-2-11(9)5-16-7/h1-2,6-7,12-13H,3-5H2/t6-,7?/m0/s1. The second-order valence-corrected chi connectivity index (χ2v) is 4.61. The number of hydrogen-bond donors (Lipinski definition) is 2. The van der Waals surface area contributed by atoms with Crippen LogP contribution >= 0.6 is 11.8 Å². The number of hydrogen-bond acceptors (Lipinski definition) is 6. The van der Waals surface area contributed by atoms with Gasteiger partial charge in [-0.3, -0.25) is 9.36 Å². The van der Waals surface area contributed by atoms with Gasteiger partial charge in [0.1, 0.15) is 12.7 Å². The van der Waals surface area contributed by atoms with E-state index in [0.29, 0.717) is 5.88 Å². The SMILES string of the molecule is O=c1ccn2c(n1)OC[C@H](O)C(CO)SC2. The van der Waals surface area contributed by atoms with Gasteiger partial charge in [0, 0.05) is 12.3 Å². The van der Waals surface area contributed by atoms with E-state index < -0.39 is 6.10 Å². The zero-order valence-electron chi connectivity index (χ0n) is 8.44. The monoisotopic (exact) mass is 244 g/mol. The third-order valence-corrected chi connectivity index (χ3v) is 3.59. The molecule has 2 N–H and O–H groups in total. The minimum absolute atomic E-state index is 0.0225. The molecule has 0 radical (unpaired) electrons. The molecule has 6 nitrogen and oxygen atoms in total. The molecule has 2 heterocycles. The van der Waals surface area contributed by atoms with E-state index >= 15 is 0 Å². The Kier molecular flexibility index (Phi) is 3.47. The maximum atomic E-state index is 11.0. The lowest BCUT2D eigenvalue weighted by Gasteiger charge is -2.25. The van der Waals surface area contributed by atoms with Crippen LogP contribution in [0.15, 0.2) is 17.1 Å². The Bertz CT molecular complexity index is 422. The molecular formula is C9H12N2O4S. The van der Waals surface area contributed by atoms with Crippen LogP contribution in [0.25, 0.3) is 0 Å². The van der Waals surface area contributed by atoms with E-state index in [4.69, 9.17) is 9.84 Å². The summed E-state index contributed by atoms with van der Waals surface area (Å²) < 4.78 is 6.90. The summed E-state index contributed by atoms with van der Waals surface area (Å²) >= 11 is 1.39. The van der Waals surface area contributed by atoms with Crippen molar-refractivity contribution in [3.05, 3.63) is 22.6 Å². The van der Waals surface area contributed by atoms with Gasteiger partial charge in [-0.25, -0.2) is 0 Å². The van der Waals surface area contributed by atoms with Gasteiger partial charge >= 0.3 is 6.01 Å². The van der Waals surface area contributed by atoms with Crippen LogP contribution in [0.5, 0.6) is 6.01 Å². The average Bonchev–Trinajstić information content (AvgIpc) is 2.27. The Balaban J connectivity index is 2.24. The summed E-state index contributed by atoms with van der Waals surface area (Å²) in [7, 11) is 0. The molecule has 1 aliphatic rings. The van der Waals surface area contributed by atoms with Crippen LogP contribution in [0.4, 0.5) is 0 Å². The number of fused-ring (bicyclic) bond motifs is 1. The highest BCUT2D eigenvalue weighted by Crippen LogP contribution is 2.22. The van der Waals surface area contributed by atoms with Crippen LogP contribution in [0, 0.1) is 0 Å². The Morgan fingerprint density at radius 1 is 1.69 bits per heavy atom. The van der Waals surface area contributed by atoms with E-state index in [-0.39, 0.29) is 30.0 Å². The molecule has 16 heavy (non-hydrogen) atoms. The Labute approximate surface area is 95.9 Å². The molecule has 1 aliphatic heterocycles. The quantitative estimate of drug-likeness (QED) is 0.662. The van der Waals surface area contributed by atoms with Crippen LogP contribution in [0.3, 0.4) is 0 Å². The molecule has 0 saturated carbocycles. The fourth-order valence-corrected chi connectivity index (χ4v) is 2.31. The smallest absolute Gasteiger partial charge is 0.300 e. The van der Waals surface area contributed by atoms with Crippen molar-refractivity contribution in [2.24, 2.45) is 0 Å². The molecule has 1 aromatic heterocycles. The van der Waals surface area contributed by atoms with Crippen LogP contribution in [-0.4, -0.2) is 44.3 Å². The van der Waals surface area contributed by atoms with E-state index in [1.54, 1.807) is 10.8 Å². The molecule has 2 atom stereocenters. The van der Waals surface area contributed by atoms with Crippen LogP contribution in [0.2, 0.25) is 0 Å². The van der Waals surface area contributed by atoms with E-state index in [2.05, 4.69) is 4.98 Å². The van der Waals surface area contributed by atoms with Gasteiger partial charge in [-0.05, 0) is 0 Å². The summed E-state index contributed by atoms with van der Waals surface area (Å²) in [6.45, 7) is -0.0904. The van der Waals surface area contributed by atoms with E-state index in [0.717, 1.165) is 0 Å². The summed E-state index contributed by atoms with van der Waals surface area (Å²) in [6.07, 6.45) is 0.824. The van der Waals surface area contributed by atoms with Crippen molar-refractivity contribution < 1.29 is 14.9 Å². The number of aliphatic hydroxyl groups excluding tert-OH is 2. The maximum absolute atomic E-state index is 11.0. The first-order valence-corrected chi connectivity index (χ1v) is 5.86. The van der Waals surface area contributed by atoms with Crippen molar-refractivity contribution >= 4 is 11.8 Å². The number of nitrogens with zero attached hydrogens (tertiary/aromatic N) is 2. The first-order valence-electron chi connectivity index (χ1n) is 4.81. The molecule has 1 unspecified atom stereocenters. The van der Waals surface area contributed by atoms with Crippen molar-refractivity contribution in [1.82, 2.24) is 9.55 Å². The lowest BCUT2D eigenvalue weighted by Crippen LogP contribution is -2.35. The second-order valence-electron chi connectivity index (χ2n) is 3.41. The fraction of sp³-hybridized carbons (Fsp3) is 0.556. The normalized spacial score (nSPS) is 25.1. The molecule has 0 bridgehead atoms. The van der Waals surface area contributed by atoms with Gasteiger partial charge < -0.3 is 14.9 Å². The lowest BCUT2D eigenvalue weighted by atomic mass is 10.3. The summed E-state index contributed by atoms with van der Waals surface area (Å²) in [5.74, 6) is 0.477. The highest BCUT2D eigenvalue weighted by atomic mass is 32.2. The topological polar surface area (TPSA) is 84.6 Å². The van der Waals surface area contributed by atoms with Gasteiger partial charge in [-0.15, -0.1) is 11.8 Å². The van der Waals surface area contributed by atoms with Crippen molar-refractivity contribution in [3.8, 4) is 6.01 Å². The molecule has 0 spiro atoms. The summed E-state index contributed by atoms with van der Waals surface area (Å²) in [5.41, 5.74) is -0.370. The first kappa shape index (κ1) is 11.4. The van der Waals surface area contributed by atoms with Gasteiger partial charge in [0.15, 0.2) is 0 Å². The molecule has 7 heteroatoms. The number of ether oxygens (including phenoxy) is 1. The molecule has 0 aliphatic carbocycles. The highest BCUT2D eigenvalue weighted by molar-refractivity contribution is 7.99. The minimum atomic E-state index is -0.763. The van der Waals surface area contributed by atoms with Crippen molar-refractivity contribution in [1.29, 1.82) is 0 Å². The largest absolute Gasteiger partial charge is 0.462 e. The second kappa shape index (κ2) is 4.86. The zero-order valence-corrected chi connectivity index (χ0v) is 9.26. The molecule has 0 saturated heterocycles. The zero-order chi connectivity index (χ0) is 11.5. The molecule has 0 fully saturated rings. The van der Waals surface area contributed by atoms with Crippen molar-refractivity contribution in [2.45, 2.75) is 17.2 Å². The summed E-state index contributed by atoms with van der Waals surface area (Å²) in [5, 5.41) is 18.4. The van der Waals surface area contributed by atoms with Gasteiger partial charge in [-0.1, -0.05) is 0 Å². The van der Waals surface area contributed by atoms with E-state index in [9.17, 15) is 9.90 Å². The van der Waals surface area contributed by atoms with Crippen LogP contribution in [0.1, 0.15) is 0 Å². The summed E-state index contributed by atoms with van der Waals surface area (Å²) in [4.78, 5) is 14.7. The van der Waals surface area contributed by atoms with Crippen molar-refractivity contribution in [2.75, 3.05) is 13.2 Å². The molecule has 0 aromatic carbocycles. The first-order chi connectivity index (χ1) is 7.70. The van der Waals surface area contributed by atoms with Gasteiger partial charge in [0.05, 0.1) is 17.7 Å². The number of thioether (sulfide) groups is 1. The third-order valence-electron chi connectivity index (χ3n) is 2.27. The van der Waals surface area contributed by atoms with Crippen LogP contribution < -0.4 is 10.3 Å². The average molecular weight is 244 g/mol. The minimum Gasteiger partial charge on any atom is -0.462 e. The Hall–Kier alpha value is -1.05. The predicted molar refractivity (Wildman–Crippen MR) is 58.5 cm³/mol. The van der Waals surface area contributed by atoms with Crippen LogP contribution in [-0.2, 0) is 5.88 Å². The lowest BCUT2D eigenvalue weighted by molar-refractivity contribution is 0.0791.